The van der Waals surface area contributed by atoms with Crippen LogP contribution in [0, 0.1) is 5.41 Å². The maximum atomic E-state index is 12.6. The fraction of sp³-hybridized carbons (Fsp3) is 0.556. The second kappa shape index (κ2) is 10.4. The molecule has 0 unspecified atom stereocenters. The maximum Gasteiger partial charge on any atom is 0.254 e. The van der Waals surface area contributed by atoms with Crippen LogP contribution in [0.1, 0.15) is 80.4 Å². The first kappa shape index (κ1) is 25.3. The molecule has 2 aliphatic rings. The van der Waals surface area contributed by atoms with E-state index in [4.69, 9.17) is 4.74 Å². The summed E-state index contributed by atoms with van der Waals surface area (Å²) in [5.41, 5.74) is 2.56. The number of carbonyl (C=O) groups is 1. The summed E-state index contributed by atoms with van der Waals surface area (Å²) in [6, 6.07) is 1.72. The van der Waals surface area contributed by atoms with Gasteiger partial charge < -0.3 is 20.5 Å². The first-order chi connectivity index (χ1) is 16.7. The molecule has 1 fully saturated rings. The Bertz CT molecular complexity index is 1030. The van der Waals surface area contributed by atoms with Gasteiger partial charge in [-0.05, 0) is 49.1 Å². The molecule has 4 rings (SSSR count). The highest BCUT2D eigenvalue weighted by molar-refractivity contribution is 5.93. The maximum absolute atomic E-state index is 12.6. The molecule has 0 bridgehead atoms. The second-order valence-corrected chi connectivity index (χ2v) is 11.1. The number of carbonyl (C=O) groups excluding carboxylic acids is 1. The summed E-state index contributed by atoms with van der Waals surface area (Å²) in [6.45, 7) is 10.7. The molecule has 1 spiro atoms. The average Bonchev–Trinajstić information content (AvgIpc) is 2.80. The van der Waals surface area contributed by atoms with Crippen molar-refractivity contribution >= 4 is 5.91 Å². The lowest BCUT2D eigenvalue weighted by molar-refractivity contribution is -0.0420. The van der Waals surface area contributed by atoms with E-state index in [1.165, 1.54) is 24.3 Å². The van der Waals surface area contributed by atoms with E-state index in [2.05, 4.69) is 59.0 Å². The van der Waals surface area contributed by atoms with Crippen LogP contribution in [0.4, 0.5) is 0 Å². The monoisotopic (exact) mass is 479 g/mol. The molecule has 35 heavy (non-hydrogen) atoms. The molecule has 0 saturated heterocycles. The first-order valence-electron chi connectivity index (χ1n) is 12.4. The topological polar surface area (TPSA) is 109 Å². The number of hydrogen-bond donors (Lipinski definition) is 3. The van der Waals surface area contributed by atoms with Gasteiger partial charge in [0.15, 0.2) is 0 Å². The third-order valence-electron chi connectivity index (χ3n) is 6.80. The standard InChI is InChI=1S/C27H37N5O3/c1-5-7-21(32-24(34)19-14-28-17-29-15-19)23(33)16-30-22-12-27(8-6-9-27)35-25-20(22)10-18(13-31-25)11-26(2,3)4/h5,10,13-15,17,21-23,30,33H,1,6-9,11-12,16H2,2-4H3,(H,32,34)/t21-,22-,23+/m0/s1. The van der Waals surface area contributed by atoms with Crippen molar-refractivity contribution in [2.45, 2.75) is 83.1 Å². The van der Waals surface area contributed by atoms with Gasteiger partial charge >= 0.3 is 0 Å². The zero-order chi connectivity index (χ0) is 25.1. The molecular formula is C27H37N5O3. The number of aliphatic hydroxyl groups excluding tert-OH is 1. The van der Waals surface area contributed by atoms with Gasteiger partial charge in [-0.25, -0.2) is 15.0 Å². The quantitative estimate of drug-likeness (QED) is 0.472. The smallest absolute Gasteiger partial charge is 0.254 e. The fourth-order valence-corrected chi connectivity index (χ4v) is 4.91. The fourth-order valence-electron chi connectivity index (χ4n) is 4.91. The Morgan fingerprint density at radius 2 is 2.06 bits per heavy atom. The number of pyridine rings is 1. The molecule has 3 N–H and O–H groups in total. The summed E-state index contributed by atoms with van der Waals surface area (Å²) in [6.07, 6.45) is 12.5. The summed E-state index contributed by atoms with van der Waals surface area (Å²) >= 11 is 0. The van der Waals surface area contributed by atoms with E-state index < -0.39 is 12.1 Å². The van der Waals surface area contributed by atoms with Crippen molar-refractivity contribution < 1.29 is 14.6 Å². The van der Waals surface area contributed by atoms with E-state index in [1.807, 2.05) is 6.20 Å². The molecule has 1 saturated carbocycles. The number of ether oxygens (including phenoxy) is 1. The van der Waals surface area contributed by atoms with E-state index in [0.29, 0.717) is 24.4 Å². The average molecular weight is 480 g/mol. The number of hydrogen-bond acceptors (Lipinski definition) is 7. The summed E-state index contributed by atoms with van der Waals surface area (Å²) in [5, 5.41) is 17.5. The molecule has 3 atom stereocenters. The van der Waals surface area contributed by atoms with Gasteiger partial charge in [0, 0.05) is 43.2 Å². The van der Waals surface area contributed by atoms with Crippen molar-refractivity contribution in [3.63, 3.8) is 0 Å². The van der Waals surface area contributed by atoms with Crippen LogP contribution in [0.5, 0.6) is 5.88 Å². The van der Waals surface area contributed by atoms with Crippen molar-refractivity contribution in [1.82, 2.24) is 25.6 Å². The van der Waals surface area contributed by atoms with Gasteiger partial charge in [0.1, 0.15) is 11.9 Å². The summed E-state index contributed by atoms with van der Waals surface area (Å²) in [7, 11) is 0. The highest BCUT2D eigenvalue weighted by Crippen LogP contribution is 2.48. The van der Waals surface area contributed by atoms with Gasteiger partial charge in [-0.15, -0.1) is 6.58 Å². The van der Waals surface area contributed by atoms with Gasteiger partial charge in [0.25, 0.3) is 5.91 Å². The number of nitrogens with one attached hydrogen (secondary N) is 2. The molecule has 1 aliphatic heterocycles. The van der Waals surface area contributed by atoms with Crippen molar-refractivity contribution in [3.05, 3.63) is 60.3 Å². The summed E-state index contributed by atoms with van der Waals surface area (Å²) < 4.78 is 6.37. The van der Waals surface area contributed by atoms with Crippen LogP contribution in [0.2, 0.25) is 0 Å². The number of fused-ring (bicyclic) bond motifs is 1. The van der Waals surface area contributed by atoms with Crippen LogP contribution in [-0.4, -0.2) is 50.3 Å². The Morgan fingerprint density at radius 1 is 1.31 bits per heavy atom. The van der Waals surface area contributed by atoms with Gasteiger partial charge in [0.2, 0.25) is 5.88 Å². The SMILES string of the molecule is C=CC[C@H](NC(=O)c1cncnc1)[C@H](O)CN[C@H]1CC2(CCC2)Oc2ncc(CC(C)(C)C)cc21. The van der Waals surface area contributed by atoms with E-state index in [1.54, 1.807) is 6.08 Å². The lowest BCUT2D eigenvalue weighted by Gasteiger charge is -2.47. The lowest BCUT2D eigenvalue weighted by atomic mass is 9.73. The molecule has 1 amide bonds. The molecule has 3 heterocycles. The van der Waals surface area contributed by atoms with E-state index in [-0.39, 0.29) is 23.0 Å². The minimum absolute atomic E-state index is 0.0173. The largest absolute Gasteiger partial charge is 0.471 e. The number of aliphatic hydroxyl groups is 1. The van der Waals surface area contributed by atoms with Gasteiger partial charge in [-0.2, -0.15) is 0 Å². The second-order valence-electron chi connectivity index (χ2n) is 11.1. The number of aromatic nitrogens is 3. The molecule has 2 aromatic rings. The Kier molecular flexibility index (Phi) is 7.52. The molecular weight excluding hydrogens is 442 g/mol. The van der Waals surface area contributed by atoms with Crippen molar-refractivity contribution in [2.24, 2.45) is 5.41 Å². The van der Waals surface area contributed by atoms with Crippen molar-refractivity contribution in [3.8, 4) is 5.88 Å². The zero-order valence-corrected chi connectivity index (χ0v) is 21.0. The van der Waals surface area contributed by atoms with Gasteiger partial charge in [-0.1, -0.05) is 26.8 Å². The Balaban J connectivity index is 1.47. The summed E-state index contributed by atoms with van der Waals surface area (Å²) in [5.74, 6) is 0.373. The van der Waals surface area contributed by atoms with Crippen LogP contribution >= 0.6 is 0 Å². The molecule has 1 aliphatic carbocycles. The molecule has 188 valence electrons. The van der Waals surface area contributed by atoms with Crippen LogP contribution in [0.25, 0.3) is 0 Å². The Labute approximate surface area is 207 Å². The number of nitrogens with zero attached hydrogens (tertiary/aromatic N) is 3. The Hall–Kier alpha value is -2.84. The molecule has 0 radical (unpaired) electrons. The molecule has 2 aromatic heterocycles. The highest BCUT2D eigenvalue weighted by Gasteiger charge is 2.46. The van der Waals surface area contributed by atoms with Crippen LogP contribution in [0.15, 0.2) is 43.6 Å². The summed E-state index contributed by atoms with van der Waals surface area (Å²) in [4.78, 5) is 25.1. The molecule has 8 nitrogen and oxygen atoms in total. The van der Waals surface area contributed by atoms with E-state index in [0.717, 1.165) is 37.7 Å². The highest BCUT2D eigenvalue weighted by atomic mass is 16.5. The number of rotatable bonds is 9. The molecule has 0 aromatic carbocycles. The minimum Gasteiger partial charge on any atom is -0.471 e. The van der Waals surface area contributed by atoms with Crippen LogP contribution < -0.4 is 15.4 Å². The predicted octanol–water partition coefficient (Wildman–Crippen LogP) is 3.53. The zero-order valence-electron chi connectivity index (χ0n) is 21.0. The van der Waals surface area contributed by atoms with Crippen LogP contribution in [0.3, 0.4) is 0 Å². The minimum atomic E-state index is -0.809. The van der Waals surface area contributed by atoms with E-state index in [9.17, 15) is 9.90 Å². The normalized spacial score (nSPS) is 20.2. The van der Waals surface area contributed by atoms with Gasteiger partial charge in [0.05, 0.1) is 17.7 Å². The third-order valence-corrected chi connectivity index (χ3v) is 6.80. The third kappa shape index (κ3) is 6.24. The lowest BCUT2D eigenvalue weighted by Crippen LogP contribution is -2.52. The van der Waals surface area contributed by atoms with Crippen molar-refractivity contribution in [2.75, 3.05) is 6.54 Å². The van der Waals surface area contributed by atoms with Gasteiger partial charge in [-0.3, -0.25) is 4.79 Å². The van der Waals surface area contributed by atoms with Crippen LogP contribution in [-0.2, 0) is 6.42 Å². The number of amides is 1. The Morgan fingerprint density at radius 3 is 2.69 bits per heavy atom. The molecule has 8 heteroatoms. The van der Waals surface area contributed by atoms with Crippen molar-refractivity contribution in [1.29, 1.82) is 0 Å². The predicted molar refractivity (Wildman–Crippen MR) is 134 cm³/mol. The first-order valence-corrected chi connectivity index (χ1v) is 12.4. The van der Waals surface area contributed by atoms with E-state index >= 15 is 0 Å².